The predicted octanol–water partition coefficient (Wildman–Crippen LogP) is -2.11. The summed E-state index contributed by atoms with van der Waals surface area (Å²) in [6, 6.07) is 11.9. The van der Waals surface area contributed by atoms with Gasteiger partial charge in [0.25, 0.3) is 12.6 Å². The van der Waals surface area contributed by atoms with E-state index in [-0.39, 0.29) is 19.1 Å². The Morgan fingerprint density at radius 2 is 1.70 bits per heavy atom. The highest BCUT2D eigenvalue weighted by molar-refractivity contribution is 5.92. The molecule has 0 bridgehead atoms. The Morgan fingerprint density at radius 1 is 1.05 bits per heavy atom. The smallest absolute Gasteiger partial charge is 0.342 e. The van der Waals surface area contributed by atoms with Crippen molar-refractivity contribution in [3.63, 3.8) is 0 Å². The first-order valence-electron chi connectivity index (χ1n) is 5.68. The van der Waals surface area contributed by atoms with E-state index in [1.54, 1.807) is 47.2 Å². The highest BCUT2D eigenvalue weighted by Crippen LogP contribution is 2.00. The van der Waals surface area contributed by atoms with Crippen molar-refractivity contribution in [1.29, 1.82) is 0 Å². The summed E-state index contributed by atoms with van der Waals surface area (Å²) in [7, 11) is 0. The average Bonchev–Trinajstić information content (AvgIpc) is 2.46. The van der Waals surface area contributed by atoms with Gasteiger partial charge in [-0.3, -0.25) is 4.79 Å². The first-order valence-corrected chi connectivity index (χ1v) is 5.68. The van der Waals surface area contributed by atoms with Gasteiger partial charge in [0.1, 0.15) is 5.56 Å². The van der Waals surface area contributed by atoms with E-state index in [4.69, 9.17) is 10.5 Å². The van der Waals surface area contributed by atoms with Crippen molar-refractivity contribution in [2.24, 2.45) is 5.73 Å². The number of primary amides is 1. The van der Waals surface area contributed by atoms with Crippen LogP contribution in [0, 0.1) is 0 Å². The molecule has 2 rings (SSSR count). The minimum atomic E-state index is -0.524. The number of pyridine rings is 1. The number of aromatic nitrogens is 1. The molecule has 1 heterocycles. The van der Waals surface area contributed by atoms with E-state index < -0.39 is 11.9 Å². The van der Waals surface area contributed by atoms with Gasteiger partial charge in [0.05, 0.1) is 5.56 Å². The fraction of sp³-hybridized carbons (Fsp3) is 0.0714. The van der Waals surface area contributed by atoms with Gasteiger partial charge in [0, 0.05) is 6.07 Å². The fourth-order valence-electron chi connectivity index (χ4n) is 1.54. The van der Waals surface area contributed by atoms with Crippen LogP contribution in [0.5, 0.6) is 0 Å². The molecule has 1 aromatic heterocycles. The van der Waals surface area contributed by atoms with Crippen molar-refractivity contribution >= 4 is 11.9 Å². The molecular weight excluding hydrogens is 280 g/mol. The molecule has 0 fully saturated rings. The lowest BCUT2D eigenvalue weighted by Gasteiger charge is -2.01. The molecule has 0 atom stereocenters. The molecule has 0 saturated heterocycles. The number of halogens is 1. The minimum absolute atomic E-state index is 0. The summed E-state index contributed by atoms with van der Waals surface area (Å²) in [6.45, 7) is 0.0227. The molecule has 0 spiro atoms. The SMILES string of the molecule is NC(=O)c1ccc[n+](COC(=O)c2ccccc2)c1.[Cl-]. The summed E-state index contributed by atoms with van der Waals surface area (Å²) in [6.07, 6.45) is 3.21. The lowest BCUT2D eigenvalue weighted by Crippen LogP contribution is -3.00. The Bertz CT molecular complexity index is 602. The van der Waals surface area contributed by atoms with Crippen LogP contribution < -0.4 is 22.7 Å². The van der Waals surface area contributed by atoms with E-state index in [9.17, 15) is 9.59 Å². The van der Waals surface area contributed by atoms with Gasteiger partial charge in [0.15, 0.2) is 12.4 Å². The third kappa shape index (κ3) is 4.07. The summed E-state index contributed by atoms with van der Waals surface area (Å²) < 4.78 is 6.69. The molecule has 5 nitrogen and oxygen atoms in total. The van der Waals surface area contributed by atoms with Crippen LogP contribution in [0.15, 0.2) is 54.9 Å². The zero-order valence-electron chi connectivity index (χ0n) is 10.5. The van der Waals surface area contributed by atoms with Crippen LogP contribution >= 0.6 is 0 Å². The molecule has 2 N–H and O–H groups in total. The minimum Gasteiger partial charge on any atom is -1.00 e. The number of benzene rings is 1. The molecule has 1 amide bonds. The first kappa shape index (κ1) is 15.7. The van der Waals surface area contributed by atoms with Crippen molar-refractivity contribution in [2.45, 2.75) is 6.73 Å². The van der Waals surface area contributed by atoms with Crippen molar-refractivity contribution in [1.82, 2.24) is 0 Å². The van der Waals surface area contributed by atoms with E-state index in [0.717, 1.165) is 0 Å². The van der Waals surface area contributed by atoms with Crippen LogP contribution in [0.1, 0.15) is 20.7 Å². The van der Waals surface area contributed by atoms with E-state index in [0.29, 0.717) is 11.1 Å². The van der Waals surface area contributed by atoms with Gasteiger partial charge < -0.3 is 22.9 Å². The second kappa shape index (κ2) is 7.25. The third-order valence-electron chi connectivity index (χ3n) is 2.50. The second-order valence-corrected chi connectivity index (χ2v) is 3.90. The number of amides is 1. The summed E-state index contributed by atoms with van der Waals surface area (Å²) in [5, 5.41) is 0. The van der Waals surface area contributed by atoms with E-state index in [1.165, 1.54) is 6.20 Å². The second-order valence-electron chi connectivity index (χ2n) is 3.90. The lowest BCUT2D eigenvalue weighted by atomic mass is 10.2. The van der Waals surface area contributed by atoms with Crippen LogP contribution in [0.3, 0.4) is 0 Å². The van der Waals surface area contributed by atoms with Crippen molar-refractivity contribution in [3.8, 4) is 0 Å². The largest absolute Gasteiger partial charge is 1.00 e. The number of hydrogen-bond acceptors (Lipinski definition) is 3. The topological polar surface area (TPSA) is 73.3 Å². The molecule has 6 heteroatoms. The standard InChI is InChI=1S/C14H12N2O3.ClH/c15-13(17)12-7-4-8-16(9-12)10-19-14(18)11-5-2-1-3-6-11;/h1-9H,10H2,(H-,15,17);1H. The molecule has 0 aliphatic heterocycles. The normalized spacial score (nSPS) is 9.40. The molecule has 0 aliphatic carbocycles. The molecule has 0 saturated carbocycles. The summed E-state index contributed by atoms with van der Waals surface area (Å²) >= 11 is 0. The Labute approximate surface area is 122 Å². The fourth-order valence-corrected chi connectivity index (χ4v) is 1.54. The average molecular weight is 293 g/mol. The molecule has 0 radical (unpaired) electrons. The van der Waals surface area contributed by atoms with Gasteiger partial charge >= 0.3 is 5.97 Å². The highest BCUT2D eigenvalue weighted by Gasteiger charge is 2.11. The molecule has 1 aromatic carbocycles. The molecular formula is C14H13ClN2O3. The summed E-state index contributed by atoms with van der Waals surface area (Å²) in [4.78, 5) is 22.7. The van der Waals surface area contributed by atoms with Crippen molar-refractivity contribution in [2.75, 3.05) is 0 Å². The maximum atomic E-state index is 11.7. The zero-order chi connectivity index (χ0) is 13.7. The Morgan fingerprint density at radius 3 is 2.35 bits per heavy atom. The number of nitrogens with zero attached hydrogens (tertiary/aromatic N) is 1. The van der Waals surface area contributed by atoms with Gasteiger partial charge in [-0.05, 0) is 18.2 Å². The number of carbonyl (C=O) groups is 2. The molecule has 0 aliphatic rings. The Balaban J connectivity index is 0.00000200. The van der Waals surface area contributed by atoms with Crippen LogP contribution in [-0.2, 0) is 11.5 Å². The Hall–Kier alpha value is -2.40. The maximum Gasteiger partial charge on any atom is 0.342 e. The number of ether oxygens (including phenoxy) is 1. The number of rotatable bonds is 4. The lowest BCUT2D eigenvalue weighted by molar-refractivity contribution is -0.727. The first-order chi connectivity index (χ1) is 9.16. The van der Waals surface area contributed by atoms with Gasteiger partial charge in [-0.15, -0.1) is 0 Å². The number of hydrogen-bond donors (Lipinski definition) is 1. The predicted molar refractivity (Wildman–Crippen MR) is 67.0 cm³/mol. The summed E-state index contributed by atoms with van der Waals surface area (Å²) in [5.74, 6) is -0.943. The van der Waals surface area contributed by atoms with Crippen molar-refractivity contribution < 1.29 is 31.3 Å². The number of carbonyl (C=O) groups excluding carboxylic acids is 2. The van der Waals surface area contributed by atoms with Crippen LogP contribution in [-0.4, -0.2) is 11.9 Å². The van der Waals surface area contributed by atoms with Crippen LogP contribution in [0.25, 0.3) is 0 Å². The highest BCUT2D eigenvalue weighted by atomic mass is 35.5. The van der Waals surface area contributed by atoms with Crippen molar-refractivity contribution in [3.05, 3.63) is 66.0 Å². The summed E-state index contributed by atoms with van der Waals surface area (Å²) in [5.41, 5.74) is 6.01. The van der Waals surface area contributed by atoms with Gasteiger partial charge in [-0.25, -0.2) is 4.79 Å². The third-order valence-corrected chi connectivity index (χ3v) is 2.50. The molecule has 20 heavy (non-hydrogen) atoms. The monoisotopic (exact) mass is 292 g/mol. The maximum absolute atomic E-state index is 11.7. The van der Waals surface area contributed by atoms with E-state index in [1.807, 2.05) is 6.07 Å². The van der Waals surface area contributed by atoms with Gasteiger partial charge in [-0.2, -0.15) is 4.57 Å². The van der Waals surface area contributed by atoms with Gasteiger partial charge in [-0.1, -0.05) is 18.2 Å². The Kier molecular flexibility index (Phi) is 5.68. The molecule has 2 aromatic rings. The van der Waals surface area contributed by atoms with Crippen LogP contribution in [0.4, 0.5) is 0 Å². The van der Waals surface area contributed by atoms with E-state index in [2.05, 4.69) is 0 Å². The van der Waals surface area contributed by atoms with Crippen LogP contribution in [0.2, 0.25) is 0 Å². The molecule has 104 valence electrons. The zero-order valence-corrected chi connectivity index (χ0v) is 11.3. The number of nitrogens with two attached hydrogens (primary N) is 1. The van der Waals surface area contributed by atoms with Gasteiger partial charge in [0.2, 0.25) is 0 Å². The quantitative estimate of drug-likeness (QED) is 0.518. The number of esters is 1. The molecule has 0 unspecified atom stereocenters. The van der Waals surface area contributed by atoms with E-state index >= 15 is 0 Å².